The molecule has 0 saturated carbocycles. The second-order valence-corrected chi connectivity index (χ2v) is 8.88. The van der Waals surface area contributed by atoms with E-state index in [-0.39, 0.29) is 11.7 Å². The molecule has 0 spiro atoms. The van der Waals surface area contributed by atoms with Gasteiger partial charge in [0.25, 0.3) is 9.84 Å². The average molecular weight is 411 g/mol. The Kier molecular flexibility index (Phi) is 5.52. The fourth-order valence-electron chi connectivity index (χ4n) is 3.32. The molecule has 1 heterocycles. The summed E-state index contributed by atoms with van der Waals surface area (Å²) in [6, 6.07) is 12.1. The molecule has 8 heteroatoms. The van der Waals surface area contributed by atoms with Gasteiger partial charge in [-0.25, -0.2) is 8.42 Å². The zero-order valence-corrected chi connectivity index (χ0v) is 16.1. The summed E-state index contributed by atoms with van der Waals surface area (Å²) in [7, 11) is -5.34. The van der Waals surface area contributed by atoms with Crippen LogP contribution in [0.4, 0.5) is 18.9 Å². The van der Waals surface area contributed by atoms with Crippen LogP contribution in [0.2, 0.25) is 0 Å². The van der Waals surface area contributed by atoms with E-state index in [1.807, 2.05) is 36.1 Å². The normalized spacial score (nSPS) is 16.2. The molecule has 0 atom stereocenters. The first-order valence-electron chi connectivity index (χ1n) is 8.87. The van der Waals surface area contributed by atoms with E-state index in [2.05, 4.69) is 0 Å². The van der Waals surface area contributed by atoms with Crippen molar-refractivity contribution in [2.75, 3.05) is 18.0 Å². The number of anilines is 1. The minimum Gasteiger partial charge on any atom is -0.371 e. The van der Waals surface area contributed by atoms with E-state index in [1.54, 1.807) is 0 Å². The summed E-state index contributed by atoms with van der Waals surface area (Å²) < 4.78 is 60.8. The number of hydrogen-bond acceptors (Lipinski definition) is 4. The van der Waals surface area contributed by atoms with Crippen molar-refractivity contribution in [2.45, 2.75) is 30.2 Å². The van der Waals surface area contributed by atoms with Gasteiger partial charge in [0.1, 0.15) is 0 Å². The molecule has 0 bridgehead atoms. The van der Waals surface area contributed by atoms with E-state index in [4.69, 9.17) is 0 Å². The van der Waals surface area contributed by atoms with E-state index < -0.39 is 20.2 Å². The van der Waals surface area contributed by atoms with Gasteiger partial charge in [0.05, 0.1) is 4.90 Å². The molecule has 1 aliphatic heterocycles. The van der Waals surface area contributed by atoms with E-state index in [9.17, 15) is 26.4 Å². The zero-order chi connectivity index (χ0) is 20.5. The Labute approximate surface area is 161 Å². The molecular weight excluding hydrogens is 391 g/mol. The number of alkyl halides is 3. The highest BCUT2D eigenvalue weighted by Gasteiger charge is 2.46. The summed E-state index contributed by atoms with van der Waals surface area (Å²) in [6.07, 6.45) is 1.27. The van der Waals surface area contributed by atoms with Crippen molar-refractivity contribution in [3.8, 4) is 0 Å². The molecule has 2 aromatic rings. The number of aryl methyl sites for hydroxylation is 1. The van der Waals surface area contributed by atoms with E-state index >= 15 is 0 Å². The maximum atomic E-state index is 12.6. The standard InChI is InChI=1S/C20H20F3NO3S/c1-14-2-4-15(5-3-14)19(25)16-10-12-24(13-11-16)17-6-8-18(9-7-17)28(26,27)20(21,22)23/h2-9,16H,10-13H2,1H3. The van der Waals surface area contributed by atoms with Crippen molar-refractivity contribution in [1.82, 2.24) is 0 Å². The lowest BCUT2D eigenvalue weighted by molar-refractivity contribution is -0.0436. The van der Waals surface area contributed by atoms with E-state index in [0.29, 0.717) is 37.2 Å². The van der Waals surface area contributed by atoms with E-state index in [1.165, 1.54) is 12.1 Å². The maximum Gasteiger partial charge on any atom is 0.501 e. The quantitative estimate of drug-likeness (QED) is 0.701. The third kappa shape index (κ3) is 4.06. The SMILES string of the molecule is Cc1ccc(C(=O)C2CCN(c3ccc(S(=O)(=O)C(F)(F)F)cc3)CC2)cc1. The first-order valence-corrected chi connectivity index (χ1v) is 10.3. The van der Waals surface area contributed by atoms with Crippen molar-refractivity contribution in [2.24, 2.45) is 5.92 Å². The highest BCUT2D eigenvalue weighted by Crippen LogP contribution is 2.32. The van der Waals surface area contributed by atoms with Crippen LogP contribution in [0.5, 0.6) is 0 Å². The minimum absolute atomic E-state index is 0.0937. The lowest BCUT2D eigenvalue weighted by atomic mass is 9.88. The molecule has 0 aromatic heterocycles. The largest absolute Gasteiger partial charge is 0.501 e. The van der Waals surface area contributed by atoms with Crippen LogP contribution < -0.4 is 4.90 Å². The molecule has 1 aliphatic rings. The second-order valence-electron chi connectivity index (χ2n) is 6.93. The van der Waals surface area contributed by atoms with Gasteiger partial charge in [-0.1, -0.05) is 29.8 Å². The summed E-state index contributed by atoms with van der Waals surface area (Å²) >= 11 is 0. The van der Waals surface area contributed by atoms with Crippen LogP contribution in [0.3, 0.4) is 0 Å². The first kappa shape index (κ1) is 20.4. The molecule has 4 nitrogen and oxygen atoms in total. The zero-order valence-electron chi connectivity index (χ0n) is 15.2. The summed E-state index contributed by atoms with van der Waals surface area (Å²) in [5.41, 5.74) is -2.90. The monoisotopic (exact) mass is 411 g/mol. The lowest BCUT2D eigenvalue weighted by Crippen LogP contribution is -2.36. The number of nitrogens with zero attached hydrogens (tertiary/aromatic N) is 1. The molecule has 0 N–H and O–H groups in total. The number of halogens is 3. The highest BCUT2D eigenvalue weighted by atomic mass is 32.2. The smallest absolute Gasteiger partial charge is 0.371 e. The average Bonchev–Trinajstić information content (AvgIpc) is 2.67. The number of piperidine rings is 1. The Hall–Kier alpha value is -2.35. The molecule has 28 heavy (non-hydrogen) atoms. The molecule has 150 valence electrons. The molecule has 0 radical (unpaired) electrons. The Morgan fingerprint density at radius 3 is 2.00 bits per heavy atom. The van der Waals surface area contributed by atoms with Crippen LogP contribution in [0.25, 0.3) is 0 Å². The number of hydrogen-bond donors (Lipinski definition) is 0. The van der Waals surface area contributed by atoms with Gasteiger partial charge >= 0.3 is 5.51 Å². The van der Waals surface area contributed by atoms with Crippen molar-refractivity contribution in [1.29, 1.82) is 0 Å². The van der Waals surface area contributed by atoms with Crippen LogP contribution in [0.15, 0.2) is 53.4 Å². The Bertz CT molecular complexity index is 944. The first-order chi connectivity index (χ1) is 13.1. The van der Waals surface area contributed by atoms with Crippen LogP contribution >= 0.6 is 0 Å². The van der Waals surface area contributed by atoms with Gasteiger partial charge < -0.3 is 4.90 Å². The van der Waals surface area contributed by atoms with E-state index in [0.717, 1.165) is 17.7 Å². The fourth-order valence-corrected chi connectivity index (χ4v) is 4.08. The number of sulfone groups is 1. The highest BCUT2D eigenvalue weighted by molar-refractivity contribution is 7.92. The molecule has 1 saturated heterocycles. The lowest BCUT2D eigenvalue weighted by Gasteiger charge is -2.33. The second kappa shape index (κ2) is 7.58. The predicted octanol–water partition coefficient (Wildman–Crippen LogP) is 4.39. The third-order valence-corrected chi connectivity index (χ3v) is 6.52. The van der Waals surface area contributed by atoms with Gasteiger partial charge in [0, 0.05) is 30.3 Å². The molecule has 0 amide bonds. The van der Waals surface area contributed by atoms with Gasteiger partial charge in [-0.3, -0.25) is 4.79 Å². The Balaban J connectivity index is 1.65. The number of Topliss-reactive ketones (excluding diaryl/α,β-unsaturated/α-hetero) is 1. The molecule has 2 aromatic carbocycles. The minimum atomic E-state index is -5.34. The summed E-state index contributed by atoms with van der Waals surface area (Å²) in [6.45, 7) is 3.11. The number of rotatable bonds is 4. The van der Waals surface area contributed by atoms with Crippen LogP contribution in [-0.2, 0) is 9.84 Å². The van der Waals surface area contributed by atoms with Gasteiger partial charge in [0.15, 0.2) is 5.78 Å². The van der Waals surface area contributed by atoms with Crippen molar-refractivity contribution < 1.29 is 26.4 Å². The van der Waals surface area contributed by atoms with Crippen LogP contribution in [-0.4, -0.2) is 32.8 Å². The Morgan fingerprint density at radius 2 is 1.50 bits per heavy atom. The number of benzene rings is 2. The van der Waals surface area contributed by atoms with Gasteiger partial charge in [-0.05, 0) is 44.0 Å². The van der Waals surface area contributed by atoms with Crippen LogP contribution in [0, 0.1) is 12.8 Å². The van der Waals surface area contributed by atoms with Gasteiger partial charge in [0.2, 0.25) is 0 Å². The maximum absolute atomic E-state index is 12.6. The van der Waals surface area contributed by atoms with Gasteiger partial charge in [-0.15, -0.1) is 0 Å². The molecule has 1 fully saturated rings. The molecular formula is C20H20F3NO3S. The summed E-state index contributed by atoms with van der Waals surface area (Å²) in [5, 5.41) is 0. The molecule has 0 unspecified atom stereocenters. The molecule has 3 rings (SSSR count). The number of ketones is 1. The number of carbonyl (C=O) groups is 1. The van der Waals surface area contributed by atoms with Crippen molar-refractivity contribution in [3.63, 3.8) is 0 Å². The predicted molar refractivity (Wildman–Crippen MR) is 100 cm³/mol. The van der Waals surface area contributed by atoms with Gasteiger partial charge in [-0.2, -0.15) is 13.2 Å². The van der Waals surface area contributed by atoms with Crippen LogP contribution in [0.1, 0.15) is 28.8 Å². The fraction of sp³-hybridized carbons (Fsp3) is 0.350. The van der Waals surface area contributed by atoms with Crippen molar-refractivity contribution in [3.05, 3.63) is 59.7 Å². The topological polar surface area (TPSA) is 54.5 Å². The summed E-state index contributed by atoms with van der Waals surface area (Å²) in [5.74, 6) is 0.00936. The number of carbonyl (C=O) groups excluding carboxylic acids is 1. The Morgan fingerprint density at radius 1 is 0.964 bits per heavy atom. The molecule has 0 aliphatic carbocycles. The summed E-state index contributed by atoms with van der Waals surface area (Å²) in [4.78, 5) is 13.8. The van der Waals surface area contributed by atoms with Crippen molar-refractivity contribution >= 4 is 21.3 Å². The third-order valence-electron chi connectivity index (χ3n) is 5.02.